The van der Waals surface area contributed by atoms with E-state index in [4.69, 9.17) is 0 Å². The smallest absolute Gasteiger partial charge is 0.123 e. The highest BCUT2D eigenvalue weighted by atomic mass is 19.1. The maximum absolute atomic E-state index is 13.6. The zero-order valence-electron chi connectivity index (χ0n) is 13.4. The molecule has 2 fully saturated rings. The molecule has 0 saturated heterocycles. The van der Waals surface area contributed by atoms with Crippen LogP contribution in [0, 0.1) is 30.0 Å². The van der Waals surface area contributed by atoms with Crippen LogP contribution in [0.4, 0.5) is 4.39 Å². The standard InChI is InChI=1S/C19H28FN/c1-3-8-21-13-19(11-15-5-6-17(19)9-15)12-16-10-18(20)7-4-14(16)2/h4,7,10,15,17,21H,3,5-6,8-9,11-13H2,1-2H3. The van der Waals surface area contributed by atoms with E-state index in [1.165, 1.54) is 43.2 Å². The van der Waals surface area contributed by atoms with Gasteiger partial charge < -0.3 is 5.32 Å². The lowest BCUT2D eigenvalue weighted by molar-refractivity contribution is 0.156. The van der Waals surface area contributed by atoms with E-state index in [1.54, 1.807) is 12.1 Å². The third kappa shape index (κ3) is 3.01. The van der Waals surface area contributed by atoms with Gasteiger partial charge in [-0.05, 0) is 86.1 Å². The molecule has 2 aliphatic rings. The number of aryl methyl sites for hydroxylation is 1. The fraction of sp³-hybridized carbons (Fsp3) is 0.684. The maximum Gasteiger partial charge on any atom is 0.123 e. The Bertz CT molecular complexity index is 498. The number of hydrogen-bond acceptors (Lipinski definition) is 1. The molecule has 0 amide bonds. The Kier molecular flexibility index (Phi) is 4.35. The molecular weight excluding hydrogens is 261 g/mol. The molecule has 21 heavy (non-hydrogen) atoms. The summed E-state index contributed by atoms with van der Waals surface area (Å²) in [4.78, 5) is 0. The average molecular weight is 289 g/mol. The second-order valence-corrected chi connectivity index (χ2v) is 7.37. The molecule has 2 aliphatic carbocycles. The molecule has 1 aromatic rings. The number of fused-ring (bicyclic) bond motifs is 2. The van der Waals surface area contributed by atoms with Crippen molar-refractivity contribution < 1.29 is 4.39 Å². The molecule has 1 N–H and O–H groups in total. The van der Waals surface area contributed by atoms with Crippen LogP contribution < -0.4 is 5.32 Å². The summed E-state index contributed by atoms with van der Waals surface area (Å²) in [5.41, 5.74) is 2.84. The molecular formula is C19H28FN. The van der Waals surface area contributed by atoms with Gasteiger partial charge in [0.05, 0.1) is 0 Å². The Labute approximate surface area is 128 Å². The predicted molar refractivity (Wildman–Crippen MR) is 85.9 cm³/mol. The van der Waals surface area contributed by atoms with Gasteiger partial charge in [0.1, 0.15) is 5.82 Å². The summed E-state index contributed by atoms with van der Waals surface area (Å²) in [7, 11) is 0. The number of nitrogens with one attached hydrogen (secondary N) is 1. The lowest BCUT2D eigenvalue weighted by atomic mass is 9.69. The zero-order chi connectivity index (χ0) is 14.9. The summed E-state index contributed by atoms with van der Waals surface area (Å²) in [5.74, 6) is 1.68. The zero-order valence-corrected chi connectivity index (χ0v) is 13.4. The highest BCUT2D eigenvalue weighted by Gasteiger charge is 2.50. The molecule has 0 radical (unpaired) electrons. The molecule has 0 aliphatic heterocycles. The highest BCUT2D eigenvalue weighted by molar-refractivity contribution is 5.28. The van der Waals surface area contributed by atoms with Gasteiger partial charge in [0.15, 0.2) is 0 Å². The van der Waals surface area contributed by atoms with Crippen molar-refractivity contribution in [3.63, 3.8) is 0 Å². The predicted octanol–water partition coefficient (Wildman–Crippen LogP) is 4.48. The molecule has 0 heterocycles. The first-order valence-electron chi connectivity index (χ1n) is 8.59. The summed E-state index contributed by atoms with van der Waals surface area (Å²) in [6.45, 7) is 6.55. The molecule has 0 aromatic heterocycles. The van der Waals surface area contributed by atoms with Crippen LogP contribution in [0.1, 0.15) is 50.2 Å². The molecule has 3 unspecified atom stereocenters. The first-order chi connectivity index (χ1) is 10.1. The van der Waals surface area contributed by atoms with Crippen molar-refractivity contribution in [3.05, 3.63) is 35.1 Å². The third-order valence-corrected chi connectivity index (χ3v) is 5.86. The molecule has 116 valence electrons. The van der Waals surface area contributed by atoms with Crippen LogP contribution in [-0.2, 0) is 6.42 Å². The third-order valence-electron chi connectivity index (χ3n) is 5.86. The van der Waals surface area contributed by atoms with Gasteiger partial charge in [0.25, 0.3) is 0 Å². The Morgan fingerprint density at radius 2 is 2.19 bits per heavy atom. The van der Waals surface area contributed by atoms with E-state index in [1.807, 2.05) is 6.07 Å². The molecule has 1 aromatic carbocycles. The van der Waals surface area contributed by atoms with Crippen LogP contribution in [-0.4, -0.2) is 13.1 Å². The number of benzene rings is 1. The lowest BCUT2D eigenvalue weighted by Gasteiger charge is -2.39. The Morgan fingerprint density at radius 3 is 2.86 bits per heavy atom. The second-order valence-electron chi connectivity index (χ2n) is 7.37. The van der Waals surface area contributed by atoms with Gasteiger partial charge in [0, 0.05) is 6.54 Å². The molecule has 3 atom stereocenters. The SMILES string of the molecule is CCCNCC1(Cc2cc(F)ccc2C)CC2CCC1C2. The van der Waals surface area contributed by atoms with Crippen molar-refractivity contribution in [1.82, 2.24) is 5.32 Å². The summed E-state index contributed by atoms with van der Waals surface area (Å²) >= 11 is 0. The molecule has 0 spiro atoms. The van der Waals surface area contributed by atoms with Crippen molar-refractivity contribution in [2.45, 2.75) is 52.4 Å². The number of hydrogen-bond donors (Lipinski definition) is 1. The van der Waals surface area contributed by atoms with Crippen LogP contribution in [0.15, 0.2) is 18.2 Å². The van der Waals surface area contributed by atoms with Gasteiger partial charge >= 0.3 is 0 Å². The van der Waals surface area contributed by atoms with E-state index in [0.717, 1.165) is 31.3 Å². The van der Waals surface area contributed by atoms with Crippen LogP contribution in [0.3, 0.4) is 0 Å². The highest BCUT2D eigenvalue weighted by Crippen LogP contribution is 2.57. The van der Waals surface area contributed by atoms with E-state index in [9.17, 15) is 4.39 Å². The van der Waals surface area contributed by atoms with Gasteiger partial charge in [-0.25, -0.2) is 4.39 Å². The minimum Gasteiger partial charge on any atom is -0.316 e. The van der Waals surface area contributed by atoms with Gasteiger partial charge in [-0.1, -0.05) is 19.4 Å². The molecule has 2 saturated carbocycles. The van der Waals surface area contributed by atoms with E-state index < -0.39 is 0 Å². The van der Waals surface area contributed by atoms with Crippen molar-refractivity contribution in [2.75, 3.05) is 13.1 Å². The minimum absolute atomic E-state index is 0.0876. The van der Waals surface area contributed by atoms with Crippen molar-refractivity contribution in [1.29, 1.82) is 0 Å². The van der Waals surface area contributed by atoms with Gasteiger partial charge in [-0.2, -0.15) is 0 Å². The summed E-state index contributed by atoms with van der Waals surface area (Å²) in [6, 6.07) is 5.29. The molecule has 1 nitrogen and oxygen atoms in total. The van der Waals surface area contributed by atoms with Crippen molar-refractivity contribution >= 4 is 0 Å². The van der Waals surface area contributed by atoms with E-state index in [-0.39, 0.29) is 5.82 Å². The molecule has 2 heteroatoms. The van der Waals surface area contributed by atoms with E-state index >= 15 is 0 Å². The normalized spacial score (nSPS) is 31.0. The van der Waals surface area contributed by atoms with Gasteiger partial charge in [-0.3, -0.25) is 0 Å². The molecule has 2 bridgehead atoms. The lowest BCUT2D eigenvalue weighted by Crippen LogP contribution is -2.41. The fourth-order valence-corrected chi connectivity index (χ4v) is 4.78. The second kappa shape index (κ2) is 6.08. The quantitative estimate of drug-likeness (QED) is 0.761. The number of halogens is 1. The Balaban J connectivity index is 1.81. The van der Waals surface area contributed by atoms with E-state index in [2.05, 4.69) is 19.2 Å². The first kappa shape index (κ1) is 15.0. The van der Waals surface area contributed by atoms with Crippen molar-refractivity contribution in [3.8, 4) is 0 Å². The average Bonchev–Trinajstić information content (AvgIpc) is 3.04. The fourth-order valence-electron chi connectivity index (χ4n) is 4.78. The van der Waals surface area contributed by atoms with Crippen LogP contribution in [0.5, 0.6) is 0 Å². The minimum atomic E-state index is -0.0876. The summed E-state index contributed by atoms with van der Waals surface area (Å²) < 4.78 is 13.6. The van der Waals surface area contributed by atoms with Gasteiger partial charge in [0.2, 0.25) is 0 Å². The maximum atomic E-state index is 13.6. The van der Waals surface area contributed by atoms with Crippen LogP contribution in [0.25, 0.3) is 0 Å². The summed E-state index contributed by atoms with van der Waals surface area (Å²) in [6.07, 6.45) is 7.78. The first-order valence-corrected chi connectivity index (χ1v) is 8.59. The van der Waals surface area contributed by atoms with Crippen LogP contribution in [0.2, 0.25) is 0 Å². The molecule has 3 rings (SSSR count). The van der Waals surface area contributed by atoms with Gasteiger partial charge in [-0.15, -0.1) is 0 Å². The van der Waals surface area contributed by atoms with Crippen molar-refractivity contribution in [2.24, 2.45) is 17.3 Å². The topological polar surface area (TPSA) is 12.0 Å². The monoisotopic (exact) mass is 289 g/mol. The summed E-state index contributed by atoms with van der Waals surface area (Å²) in [5, 5.41) is 3.66. The van der Waals surface area contributed by atoms with Crippen LogP contribution >= 0.6 is 0 Å². The Morgan fingerprint density at radius 1 is 1.33 bits per heavy atom. The van der Waals surface area contributed by atoms with E-state index in [0.29, 0.717) is 5.41 Å². The Hall–Kier alpha value is -0.890. The number of rotatable bonds is 6. The largest absolute Gasteiger partial charge is 0.316 e.